The third kappa shape index (κ3) is 3.38. The molecule has 1 aromatic heterocycles. The zero-order valence-corrected chi connectivity index (χ0v) is 12.7. The van der Waals surface area contributed by atoms with Crippen molar-refractivity contribution in [2.45, 2.75) is 32.0 Å². The van der Waals surface area contributed by atoms with Gasteiger partial charge in [0.05, 0.1) is 6.26 Å². The van der Waals surface area contributed by atoms with Gasteiger partial charge in [-0.05, 0) is 41.8 Å². The van der Waals surface area contributed by atoms with Crippen LogP contribution in [0.4, 0.5) is 0 Å². The second-order valence-corrected chi connectivity index (χ2v) is 5.69. The van der Waals surface area contributed by atoms with Gasteiger partial charge in [-0.25, -0.2) is 0 Å². The second kappa shape index (κ2) is 6.77. The molecule has 0 saturated heterocycles. The third-order valence-corrected chi connectivity index (χ3v) is 3.97. The number of fused-ring (bicyclic) bond motifs is 1. The van der Waals surface area contributed by atoms with Crippen LogP contribution in [0.15, 0.2) is 65.3 Å². The first-order valence-electron chi connectivity index (χ1n) is 7.65. The van der Waals surface area contributed by atoms with Crippen LogP contribution in [0.2, 0.25) is 0 Å². The number of nitrogens with one attached hydrogen (secondary N) is 1. The molecule has 0 bridgehead atoms. The molecule has 2 aromatic carbocycles. The Morgan fingerprint density at radius 2 is 1.86 bits per heavy atom. The molecule has 3 nitrogen and oxygen atoms in total. The Morgan fingerprint density at radius 1 is 1.05 bits per heavy atom. The van der Waals surface area contributed by atoms with Gasteiger partial charge < -0.3 is 14.8 Å². The van der Waals surface area contributed by atoms with Gasteiger partial charge in [0.2, 0.25) is 0 Å². The van der Waals surface area contributed by atoms with E-state index in [2.05, 4.69) is 54.7 Å². The van der Waals surface area contributed by atoms with Crippen LogP contribution in [0.5, 0.6) is 0 Å². The van der Waals surface area contributed by atoms with Crippen LogP contribution in [0.1, 0.15) is 30.8 Å². The Bertz CT molecular complexity index is 716. The van der Waals surface area contributed by atoms with Crippen molar-refractivity contribution in [1.29, 1.82) is 0 Å². The van der Waals surface area contributed by atoms with Crippen molar-refractivity contribution >= 4 is 10.8 Å². The van der Waals surface area contributed by atoms with Gasteiger partial charge in [-0.3, -0.25) is 0 Å². The predicted octanol–water partition coefficient (Wildman–Crippen LogP) is 4.03. The molecule has 3 aromatic rings. The van der Waals surface area contributed by atoms with Gasteiger partial charge in [0.25, 0.3) is 0 Å². The van der Waals surface area contributed by atoms with Gasteiger partial charge in [-0.15, -0.1) is 0 Å². The molecule has 0 aliphatic rings. The Morgan fingerprint density at radius 3 is 2.68 bits per heavy atom. The summed E-state index contributed by atoms with van der Waals surface area (Å²) in [7, 11) is 0. The van der Waals surface area contributed by atoms with Gasteiger partial charge >= 0.3 is 0 Å². The molecular formula is C19H21NO2. The molecule has 114 valence electrons. The minimum Gasteiger partial charge on any atom is -0.467 e. The van der Waals surface area contributed by atoms with Crippen molar-refractivity contribution in [1.82, 2.24) is 5.32 Å². The number of aliphatic hydroxyl groups excluding tert-OH is 1. The first kappa shape index (κ1) is 14.8. The lowest BCUT2D eigenvalue weighted by Crippen LogP contribution is -2.27. The maximum atomic E-state index is 10.1. The van der Waals surface area contributed by atoms with E-state index in [1.807, 2.05) is 6.07 Å². The quantitative estimate of drug-likeness (QED) is 0.721. The van der Waals surface area contributed by atoms with Crippen molar-refractivity contribution in [3.63, 3.8) is 0 Å². The molecule has 2 atom stereocenters. The van der Waals surface area contributed by atoms with E-state index < -0.39 is 6.10 Å². The van der Waals surface area contributed by atoms with Crippen molar-refractivity contribution in [3.05, 3.63) is 72.2 Å². The fourth-order valence-electron chi connectivity index (χ4n) is 2.75. The number of aliphatic hydroxyl groups is 1. The summed E-state index contributed by atoms with van der Waals surface area (Å²) >= 11 is 0. The summed E-state index contributed by atoms with van der Waals surface area (Å²) in [6.45, 7) is 2.87. The molecular weight excluding hydrogens is 274 g/mol. The van der Waals surface area contributed by atoms with Crippen LogP contribution in [0.25, 0.3) is 10.8 Å². The van der Waals surface area contributed by atoms with Crippen LogP contribution in [0, 0.1) is 0 Å². The van der Waals surface area contributed by atoms with Crippen LogP contribution in [-0.4, -0.2) is 11.1 Å². The number of benzene rings is 2. The Labute approximate surface area is 130 Å². The monoisotopic (exact) mass is 295 g/mol. The molecule has 1 heterocycles. The first-order chi connectivity index (χ1) is 10.7. The molecule has 3 rings (SSSR count). The lowest BCUT2D eigenvalue weighted by molar-refractivity contribution is 0.128. The molecule has 0 saturated carbocycles. The number of furan rings is 1. The summed E-state index contributed by atoms with van der Waals surface area (Å²) in [5.74, 6) is 0.624. The fraction of sp³-hybridized carbons (Fsp3) is 0.263. The van der Waals surface area contributed by atoms with Crippen molar-refractivity contribution in [3.8, 4) is 0 Å². The standard InChI is InChI=1S/C19H21NO2/c1-14(12-18(21)19-10-5-11-22-19)20-13-16-8-4-7-15-6-2-3-9-17(15)16/h2-11,14,18,20-21H,12-13H2,1H3. The number of hydrogen-bond donors (Lipinski definition) is 2. The highest BCUT2D eigenvalue weighted by Gasteiger charge is 2.14. The highest BCUT2D eigenvalue weighted by atomic mass is 16.4. The smallest absolute Gasteiger partial charge is 0.132 e. The summed E-state index contributed by atoms with van der Waals surface area (Å²) in [6, 6.07) is 18.6. The molecule has 0 radical (unpaired) electrons. The summed E-state index contributed by atoms with van der Waals surface area (Å²) in [5.41, 5.74) is 1.28. The molecule has 22 heavy (non-hydrogen) atoms. The van der Waals surface area contributed by atoms with Crippen molar-refractivity contribution < 1.29 is 9.52 Å². The first-order valence-corrected chi connectivity index (χ1v) is 7.65. The average molecular weight is 295 g/mol. The van der Waals surface area contributed by atoms with Gasteiger partial charge in [-0.1, -0.05) is 42.5 Å². The van der Waals surface area contributed by atoms with E-state index in [9.17, 15) is 5.11 Å². The summed E-state index contributed by atoms with van der Waals surface area (Å²) in [6.07, 6.45) is 1.65. The van der Waals surface area contributed by atoms with Crippen molar-refractivity contribution in [2.24, 2.45) is 0 Å². The molecule has 0 aliphatic carbocycles. The maximum absolute atomic E-state index is 10.1. The summed E-state index contributed by atoms with van der Waals surface area (Å²) < 4.78 is 5.24. The predicted molar refractivity (Wildman–Crippen MR) is 88.5 cm³/mol. The lowest BCUT2D eigenvalue weighted by Gasteiger charge is -2.17. The van der Waals surface area contributed by atoms with Crippen LogP contribution >= 0.6 is 0 Å². The Balaban J connectivity index is 1.61. The lowest BCUT2D eigenvalue weighted by atomic mass is 10.0. The Hall–Kier alpha value is -2.10. The van der Waals surface area contributed by atoms with E-state index in [0.717, 1.165) is 6.54 Å². The minimum atomic E-state index is -0.565. The van der Waals surface area contributed by atoms with E-state index in [-0.39, 0.29) is 6.04 Å². The van der Waals surface area contributed by atoms with Crippen LogP contribution in [0.3, 0.4) is 0 Å². The number of hydrogen-bond acceptors (Lipinski definition) is 3. The zero-order valence-electron chi connectivity index (χ0n) is 12.7. The molecule has 0 spiro atoms. The molecule has 0 fully saturated rings. The molecule has 0 aliphatic heterocycles. The van der Waals surface area contributed by atoms with E-state index in [0.29, 0.717) is 12.2 Å². The normalized spacial score (nSPS) is 14.1. The SMILES string of the molecule is CC(CC(O)c1ccco1)NCc1cccc2ccccc12. The summed E-state index contributed by atoms with van der Waals surface area (Å²) in [5, 5.41) is 16.1. The largest absolute Gasteiger partial charge is 0.467 e. The molecule has 2 N–H and O–H groups in total. The fourth-order valence-corrected chi connectivity index (χ4v) is 2.75. The Kier molecular flexibility index (Phi) is 4.56. The van der Waals surface area contributed by atoms with Crippen LogP contribution < -0.4 is 5.32 Å². The van der Waals surface area contributed by atoms with Gasteiger partial charge in [0, 0.05) is 12.6 Å². The van der Waals surface area contributed by atoms with Gasteiger partial charge in [0.1, 0.15) is 11.9 Å². The van der Waals surface area contributed by atoms with Gasteiger partial charge in [-0.2, -0.15) is 0 Å². The molecule has 0 amide bonds. The molecule has 3 heteroatoms. The minimum absolute atomic E-state index is 0.194. The highest BCUT2D eigenvalue weighted by molar-refractivity contribution is 5.85. The van der Waals surface area contributed by atoms with Crippen molar-refractivity contribution in [2.75, 3.05) is 0 Å². The highest BCUT2D eigenvalue weighted by Crippen LogP contribution is 2.20. The van der Waals surface area contributed by atoms with E-state index in [1.54, 1.807) is 12.3 Å². The third-order valence-electron chi connectivity index (χ3n) is 3.97. The second-order valence-electron chi connectivity index (χ2n) is 5.69. The maximum Gasteiger partial charge on any atom is 0.132 e. The molecule has 2 unspecified atom stereocenters. The van der Waals surface area contributed by atoms with Crippen LogP contribution in [-0.2, 0) is 6.54 Å². The van der Waals surface area contributed by atoms with E-state index >= 15 is 0 Å². The average Bonchev–Trinajstić information content (AvgIpc) is 3.07. The summed E-state index contributed by atoms with van der Waals surface area (Å²) in [4.78, 5) is 0. The topological polar surface area (TPSA) is 45.4 Å². The number of rotatable bonds is 6. The van der Waals surface area contributed by atoms with Gasteiger partial charge in [0.15, 0.2) is 0 Å². The zero-order chi connectivity index (χ0) is 15.4. The van der Waals surface area contributed by atoms with E-state index in [4.69, 9.17) is 4.42 Å². The van der Waals surface area contributed by atoms with E-state index in [1.165, 1.54) is 16.3 Å².